The van der Waals surface area contributed by atoms with Crippen molar-refractivity contribution < 1.29 is 21.6 Å². The van der Waals surface area contributed by atoms with Gasteiger partial charge in [-0.15, -0.1) is 0 Å². The van der Waals surface area contributed by atoms with Crippen molar-refractivity contribution in [3.05, 3.63) is 0 Å². The van der Waals surface area contributed by atoms with Gasteiger partial charge in [0.2, 0.25) is 0 Å². The lowest BCUT2D eigenvalue weighted by Gasteiger charge is -2.41. The predicted molar refractivity (Wildman–Crippen MR) is 83.0 cm³/mol. The third kappa shape index (κ3) is 5.20. The maximum absolute atomic E-state index is 6.44. The smallest absolute Gasteiger partial charge is 0.183 e. The van der Waals surface area contributed by atoms with Crippen molar-refractivity contribution in [1.29, 1.82) is 0 Å². The highest BCUT2D eigenvalue weighted by Crippen LogP contribution is 2.35. The molecule has 0 N–H and O–H groups in total. The molecule has 0 heterocycles. The largest absolute Gasteiger partial charge is 1.00 e. The number of ether oxygens (including phenoxy) is 1. The second-order valence-electron chi connectivity index (χ2n) is 6.95. The zero-order valence-corrected chi connectivity index (χ0v) is 15.2. The van der Waals surface area contributed by atoms with Crippen molar-refractivity contribution >= 4 is 0 Å². The molecular formula is C17H36ClNO. The van der Waals surface area contributed by atoms with Crippen LogP contribution in [0, 0.1) is 17.8 Å². The summed E-state index contributed by atoms with van der Waals surface area (Å²) in [7, 11) is 0. The van der Waals surface area contributed by atoms with Gasteiger partial charge in [-0.25, -0.2) is 0 Å². The second-order valence-corrected chi connectivity index (χ2v) is 6.95. The second kappa shape index (κ2) is 9.27. The number of hydrogen-bond donors (Lipinski definition) is 0. The summed E-state index contributed by atoms with van der Waals surface area (Å²) in [5, 5.41) is 0. The first kappa shape index (κ1) is 20.2. The van der Waals surface area contributed by atoms with Crippen LogP contribution in [0.2, 0.25) is 0 Å². The molecule has 0 aromatic rings. The first-order chi connectivity index (χ1) is 8.98. The van der Waals surface area contributed by atoms with Crippen molar-refractivity contribution in [2.75, 3.05) is 26.4 Å². The highest BCUT2D eigenvalue weighted by Gasteiger charge is 2.33. The van der Waals surface area contributed by atoms with Crippen LogP contribution in [0.1, 0.15) is 60.8 Å². The lowest BCUT2D eigenvalue weighted by atomic mass is 9.75. The van der Waals surface area contributed by atoms with Gasteiger partial charge < -0.3 is 21.6 Å². The molecule has 1 fully saturated rings. The van der Waals surface area contributed by atoms with Crippen molar-refractivity contribution in [3.63, 3.8) is 0 Å². The zero-order chi connectivity index (χ0) is 14.5. The molecule has 3 heteroatoms. The van der Waals surface area contributed by atoms with Crippen LogP contribution in [0.5, 0.6) is 0 Å². The van der Waals surface area contributed by atoms with E-state index in [0.717, 1.165) is 29.0 Å². The molecule has 2 nitrogen and oxygen atoms in total. The Morgan fingerprint density at radius 2 is 1.60 bits per heavy atom. The van der Waals surface area contributed by atoms with Gasteiger partial charge in [0.15, 0.2) is 6.73 Å². The molecule has 0 bridgehead atoms. The first-order valence-electron chi connectivity index (χ1n) is 8.44. The van der Waals surface area contributed by atoms with E-state index in [9.17, 15) is 0 Å². The number of hydrogen-bond acceptors (Lipinski definition) is 1. The molecule has 0 radical (unpaired) electrons. The molecule has 0 amide bonds. The fourth-order valence-corrected chi connectivity index (χ4v) is 3.50. The summed E-state index contributed by atoms with van der Waals surface area (Å²) in [5.41, 5.74) is 0. The third-order valence-electron chi connectivity index (χ3n) is 5.54. The molecule has 0 aromatic heterocycles. The van der Waals surface area contributed by atoms with Crippen LogP contribution in [0.4, 0.5) is 0 Å². The van der Waals surface area contributed by atoms with Gasteiger partial charge in [-0.05, 0) is 51.4 Å². The Hall–Kier alpha value is 0.210. The molecule has 0 aliphatic heterocycles. The molecule has 20 heavy (non-hydrogen) atoms. The van der Waals surface area contributed by atoms with E-state index in [-0.39, 0.29) is 12.4 Å². The summed E-state index contributed by atoms with van der Waals surface area (Å²) in [6.07, 6.45) is 4.50. The van der Waals surface area contributed by atoms with Crippen LogP contribution in [0.15, 0.2) is 0 Å². The number of halogens is 1. The number of rotatable bonds is 7. The van der Waals surface area contributed by atoms with Crippen LogP contribution in [-0.2, 0) is 4.74 Å². The fraction of sp³-hybridized carbons (Fsp3) is 1.00. The first-order valence-corrected chi connectivity index (χ1v) is 8.44. The molecule has 0 aromatic carbocycles. The van der Waals surface area contributed by atoms with Gasteiger partial charge in [0.1, 0.15) is 0 Å². The average molecular weight is 306 g/mol. The minimum atomic E-state index is 0. The molecular weight excluding hydrogens is 270 g/mol. The van der Waals surface area contributed by atoms with Gasteiger partial charge in [0, 0.05) is 0 Å². The molecule has 3 atom stereocenters. The van der Waals surface area contributed by atoms with Gasteiger partial charge in [0.25, 0.3) is 0 Å². The molecule has 0 spiro atoms. The highest BCUT2D eigenvalue weighted by molar-refractivity contribution is 4.81. The third-order valence-corrected chi connectivity index (χ3v) is 5.54. The Kier molecular flexibility index (Phi) is 9.37. The topological polar surface area (TPSA) is 9.23 Å². The van der Waals surface area contributed by atoms with Crippen molar-refractivity contribution in [1.82, 2.24) is 0 Å². The highest BCUT2D eigenvalue weighted by atomic mass is 35.5. The SMILES string of the molecule is CC[N+](CC)(CC)CO[C@@H]1C[C@H](C)CC[C@H]1C(C)C.[Cl-]. The van der Waals surface area contributed by atoms with Crippen molar-refractivity contribution in [3.8, 4) is 0 Å². The van der Waals surface area contributed by atoms with Gasteiger partial charge in [-0.2, -0.15) is 0 Å². The lowest BCUT2D eigenvalue weighted by molar-refractivity contribution is -0.942. The minimum Gasteiger partial charge on any atom is -1.00 e. The average Bonchev–Trinajstić information content (AvgIpc) is 2.40. The standard InChI is InChI=1S/C17H36NO.ClH/c1-7-18(8-2,9-3)13-19-17-12-15(6)10-11-16(17)14(4)5;/h14-17H,7-13H2,1-6H3;1H/q+1;/p-1/t15-,16+,17-;/m1./s1. The van der Waals surface area contributed by atoms with E-state index in [1.54, 1.807) is 0 Å². The quantitative estimate of drug-likeness (QED) is 0.509. The molecule has 1 aliphatic rings. The van der Waals surface area contributed by atoms with Gasteiger partial charge in [0.05, 0.1) is 25.7 Å². The maximum atomic E-state index is 6.44. The van der Waals surface area contributed by atoms with E-state index < -0.39 is 0 Å². The van der Waals surface area contributed by atoms with Crippen LogP contribution in [0.3, 0.4) is 0 Å². The Bertz CT molecular complexity index is 245. The molecule has 122 valence electrons. The molecule has 1 rings (SSSR count). The van der Waals surface area contributed by atoms with E-state index in [4.69, 9.17) is 4.74 Å². The van der Waals surface area contributed by atoms with E-state index >= 15 is 0 Å². The van der Waals surface area contributed by atoms with Gasteiger partial charge >= 0.3 is 0 Å². The molecule has 1 saturated carbocycles. The fourth-order valence-electron chi connectivity index (χ4n) is 3.50. The van der Waals surface area contributed by atoms with Crippen LogP contribution >= 0.6 is 0 Å². The predicted octanol–water partition coefficient (Wildman–Crippen LogP) is 1.30. The molecule has 0 saturated heterocycles. The Morgan fingerprint density at radius 1 is 1.05 bits per heavy atom. The van der Waals surface area contributed by atoms with E-state index in [2.05, 4.69) is 41.5 Å². The van der Waals surface area contributed by atoms with Crippen LogP contribution in [0.25, 0.3) is 0 Å². The van der Waals surface area contributed by atoms with E-state index in [1.165, 1.54) is 38.9 Å². The van der Waals surface area contributed by atoms with Crippen molar-refractivity contribution in [2.24, 2.45) is 17.8 Å². The summed E-state index contributed by atoms with van der Waals surface area (Å²) in [4.78, 5) is 0. The number of quaternary nitrogens is 1. The summed E-state index contributed by atoms with van der Waals surface area (Å²) in [5.74, 6) is 2.36. The van der Waals surface area contributed by atoms with E-state index in [0.29, 0.717) is 6.10 Å². The number of nitrogens with zero attached hydrogens (tertiary/aromatic N) is 1. The minimum absolute atomic E-state index is 0. The summed E-state index contributed by atoms with van der Waals surface area (Å²) in [6.45, 7) is 18.4. The Morgan fingerprint density at radius 3 is 2.05 bits per heavy atom. The van der Waals surface area contributed by atoms with E-state index in [1.807, 2.05) is 0 Å². The summed E-state index contributed by atoms with van der Waals surface area (Å²) < 4.78 is 7.54. The molecule has 0 unspecified atom stereocenters. The van der Waals surface area contributed by atoms with Gasteiger partial charge in [-0.3, -0.25) is 0 Å². The van der Waals surface area contributed by atoms with Crippen LogP contribution in [-0.4, -0.2) is 37.0 Å². The Balaban J connectivity index is 0.00000361. The summed E-state index contributed by atoms with van der Waals surface area (Å²) in [6, 6.07) is 0. The van der Waals surface area contributed by atoms with Crippen molar-refractivity contribution in [2.45, 2.75) is 66.9 Å². The Labute approximate surface area is 133 Å². The zero-order valence-electron chi connectivity index (χ0n) is 14.5. The van der Waals surface area contributed by atoms with Gasteiger partial charge in [-0.1, -0.05) is 27.2 Å². The molecule has 1 aliphatic carbocycles. The van der Waals surface area contributed by atoms with Crippen LogP contribution < -0.4 is 12.4 Å². The monoisotopic (exact) mass is 305 g/mol. The normalized spacial score (nSPS) is 27.4. The summed E-state index contributed by atoms with van der Waals surface area (Å²) >= 11 is 0. The maximum Gasteiger partial charge on any atom is 0.183 e. The lowest BCUT2D eigenvalue weighted by Crippen LogP contribution is -3.00.